The number of amides is 1. The van der Waals surface area contributed by atoms with Gasteiger partial charge in [-0.05, 0) is 6.42 Å². The van der Waals surface area contributed by atoms with E-state index in [9.17, 15) is 14.4 Å². The van der Waals surface area contributed by atoms with E-state index in [-0.39, 0.29) is 18.5 Å². The highest BCUT2D eigenvalue weighted by Crippen LogP contribution is 2.05. The standard InChI is InChI=1S/C11H11N3O4S/c15-8(16)2-1-3-12-9(17)7-6-13-11-14(10(7)18)4-5-19-11/h4-6H,1-3H2,(H,12,17)(H,15,16). The van der Waals surface area contributed by atoms with Crippen LogP contribution in [0.1, 0.15) is 23.2 Å². The highest BCUT2D eigenvalue weighted by molar-refractivity contribution is 7.15. The van der Waals surface area contributed by atoms with Crippen LogP contribution in [0.3, 0.4) is 0 Å². The van der Waals surface area contributed by atoms with Gasteiger partial charge in [-0.1, -0.05) is 0 Å². The van der Waals surface area contributed by atoms with E-state index >= 15 is 0 Å². The number of carbonyl (C=O) groups is 2. The number of aromatic nitrogens is 2. The normalized spacial score (nSPS) is 10.5. The van der Waals surface area contributed by atoms with Crippen LogP contribution in [0.15, 0.2) is 22.6 Å². The number of hydrogen-bond acceptors (Lipinski definition) is 5. The van der Waals surface area contributed by atoms with Crippen LogP contribution in [0, 0.1) is 0 Å². The lowest BCUT2D eigenvalue weighted by molar-refractivity contribution is -0.137. The fraction of sp³-hybridized carbons (Fsp3) is 0.273. The maximum absolute atomic E-state index is 11.9. The summed E-state index contributed by atoms with van der Waals surface area (Å²) < 4.78 is 1.30. The number of rotatable bonds is 5. The van der Waals surface area contributed by atoms with Crippen molar-refractivity contribution in [2.75, 3.05) is 6.54 Å². The third kappa shape index (κ3) is 2.97. The smallest absolute Gasteiger partial charge is 0.303 e. The lowest BCUT2D eigenvalue weighted by atomic mass is 10.3. The van der Waals surface area contributed by atoms with E-state index in [0.717, 1.165) is 0 Å². The van der Waals surface area contributed by atoms with Crippen molar-refractivity contribution in [3.05, 3.63) is 33.7 Å². The topological polar surface area (TPSA) is 101 Å². The highest BCUT2D eigenvalue weighted by Gasteiger charge is 2.13. The minimum atomic E-state index is -0.921. The SMILES string of the molecule is O=C(O)CCCNC(=O)c1cnc2sccn2c1=O. The van der Waals surface area contributed by atoms with E-state index in [1.54, 1.807) is 11.6 Å². The molecule has 0 saturated heterocycles. The minimum absolute atomic E-state index is 0.0267. The quantitative estimate of drug-likeness (QED) is 0.770. The Morgan fingerprint density at radius 2 is 2.26 bits per heavy atom. The molecule has 7 nitrogen and oxygen atoms in total. The Hall–Kier alpha value is -2.22. The third-order valence-electron chi connectivity index (χ3n) is 2.44. The number of fused-ring (bicyclic) bond motifs is 1. The molecular weight excluding hydrogens is 270 g/mol. The molecule has 0 aliphatic rings. The lowest BCUT2D eigenvalue weighted by Gasteiger charge is -2.03. The average molecular weight is 281 g/mol. The van der Waals surface area contributed by atoms with Crippen molar-refractivity contribution in [2.45, 2.75) is 12.8 Å². The minimum Gasteiger partial charge on any atom is -0.481 e. The molecule has 0 fully saturated rings. The van der Waals surface area contributed by atoms with Gasteiger partial charge in [0.25, 0.3) is 11.5 Å². The summed E-state index contributed by atoms with van der Waals surface area (Å²) in [5.74, 6) is -1.46. The van der Waals surface area contributed by atoms with E-state index in [4.69, 9.17) is 5.11 Å². The van der Waals surface area contributed by atoms with Crippen molar-refractivity contribution in [2.24, 2.45) is 0 Å². The molecule has 2 aromatic rings. The molecule has 0 saturated carbocycles. The first kappa shape index (κ1) is 13.2. The molecule has 0 unspecified atom stereocenters. The second-order valence-electron chi connectivity index (χ2n) is 3.79. The first-order valence-electron chi connectivity index (χ1n) is 5.54. The lowest BCUT2D eigenvalue weighted by Crippen LogP contribution is -2.31. The number of thiazole rings is 1. The van der Waals surface area contributed by atoms with Gasteiger partial charge < -0.3 is 10.4 Å². The van der Waals surface area contributed by atoms with Gasteiger partial charge >= 0.3 is 5.97 Å². The third-order valence-corrected chi connectivity index (χ3v) is 3.21. The van der Waals surface area contributed by atoms with E-state index in [2.05, 4.69) is 10.3 Å². The first-order valence-corrected chi connectivity index (χ1v) is 6.42. The molecule has 100 valence electrons. The van der Waals surface area contributed by atoms with E-state index in [1.165, 1.54) is 21.9 Å². The van der Waals surface area contributed by atoms with Crippen molar-refractivity contribution >= 4 is 28.2 Å². The molecule has 0 spiro atoms. The van der Waals surface area contributed by atoms with E-state index < -0.39 is 17.4 Å². The number of nitrogens with one attached hydrogen (secondary N) is 1. The van der Waals surface area contributed by atoms with Gasteiger partial charge in [-0.25, -0.2) is 4.98 Å². The molecule has 8 heteroatoms. The van der Waals surface area contributed by atoms with Gasteiger partial charge in [-0.15, -0.1) is 11.3 Å². The average Bonchev–Trinajstić information content (AvgIpc) is 2.83. The van der Waals surface area contributed by atoms with Gasteiger partial charge in [0.05, 0.1) is 0 Å². The Morgan fingerprint density at radius 3 is 3.00 bits per heavy atom. The van der Waals surface area contributed by atoms with Crippen molar-refractivity contribution < 1.29 is 14.7 Å². The van der Waals surface area contributed by atoms with Crippen LogP contribution in [0.5, 0.6) is 0 Å². The Morgan fingerprint density at radius 1 is 1.47 bits per heavy atom. The Balaban J connectivity index is 2.07. The van der Waals surface area contributed by atoms with Gasteiger partial charge in [0.1, 0.15) is 5.56 Å². The van der Waals surface area contributed by atoms with Crippen molar-refractivity contribution in [3.63, 3.8) is 0 Å². The molecule has 0 aliphatic carbocycles. The van der Waals surface area contributed by atoms with Crippen LogP contribution in [0.4, 0.5) is 0 Å². The number of aliphatic carboxylic acids is 1. The summed E-state index contributed by atoms with van der Waals surface area (Å²) in [4.78, 5) is 38.6. The molecule has 19 heavy (non-hydrogen) atoms. The molecule has 0 bridgehead atoms. The maximum atomic E-state index is 11.9. The molecular formula is C11H11N3O4S. The Bertz CT molecular complexity index is 676. The van der Waals surface area contributed by atoms with Gasteiger partial charge in [0.2, 0.25) is 0 Å². The second-order valence-corrected chi connectivity index (χ2v) is 4.66. The zero-order valence-corrected chi connectivity index (χ0v) is 10.6. The summed E-state index contributed by atoms with van der Waals surface area (Å²) in [6, 6.07) is 0. The molecule has 0 radical (unpaired) electrons. The molecule has 0 aliphatic heterocycles. The summed E-state index contributed by atoms with van der Waals surface area (Å²) in [6.07, 6.45) is 3.08. The van der Waals surface area contributed by atoms with Crippen molar-refractivity contribution in [1.29, 1.82) is 0 Å². The Kier molecular flexibility index (Phi) is 3.91. The van der Waals surface area contributed by atoms with Crippen LogP contribution in [-0.4, -0.2) is 32.9 Å². The van der Waals surface area contributed by atoms with Crippen LogP contribution in [0.25, 0.3) is 4.96 Å². The summed E-state index contributed by atoms with van der Waals surface area (Å²) in [6.45, 7) is 0.205. The van der Waals surface area contributed by atoms with Gasteiger partial charge in [0.15, 0.2) is 4.96 Å². The Labute approximate surface area is 111 Å². The number of nitrogens with zero attached hydrogens (tertiary/aromatic N) is 2. The highest BCUT2D eigenvalue weighted by atomic mass is 32.1. The molecule has 0 atom stereocenters. The van der Waals surface area contributed by atoms with Crippen LogP contribution < -0.4 is 10.9 Å². The molecule has 0 aromatic carbocycles. The summed E-state index contributed by atoms with van der Waals surface area (Å²) in [5.41, 5.74) is -0.479. The number of carboxylic acid groups (broad SMARTS) is 1. The van der Waals surface area contributed by atoms with Crippen LogP contribution in [0.2, 0.25) is 0 Å². The predicted molar refractivity (Wildman–Crippen MR) is 68.5 cm³/mol. The largest absolute Gasteiger partial charge is 0.481 e. The fourth-order valence-electron chi connectivity index (χ4n) is 1.52. The number of carbonyl (C=O) groups excluding carboxylic acids is 1. The molecule has 2 rings (SSSR count). The maximum Gasteiger partial charge on any atom is 0.303 e. The number of carboxylic acids is 1. The van der Waals surface area contributed by atoms with Crippen molar-refractivity contribution in [1.82, 2.24) is 14.7 Å². The number of hydrogen-bond donors (Lipinski definition) is 2. The first-order chi connectivity index (χ1) is 9.09. The van der Waals surface area contributed by atoms with Gasteiger partial charge in [-0.2, -0.15) is 0 Å². The van der Waals surface area contributed by atoms with E-state index in [1.807, 2.05) is 0 Å². The fourth-order valence-corrected chi connectivity index (χ4v) is 2.19. The summed E-state index contributed by atoms with van der Waals surface area (Å²) in [5, 5.41) is 12.7. The molecule has 2 aromatic heterocycles. The summed E-state index contributed by atoms with van der Waals surface area (Å²) in [7, 11) is 0. The zero-order valence-electron chi connectivity index (χ0n) is 9.83. The second kappa shape index (κ2) is 5.61. The van der Waals surface area contributed by atoms with Gasteiger partial charge in [-0.3, -0.25) is 18.8 Å². The molecule has 2 heterocycles. The zero-order chi connectivity index (χ0) is 13.8. The van der Waals surface area contributed by atoms with E-state index in [0.29, 0.717) is 11.4 Å². The van der Waals surface area contributed by atoms with Crippen LogP contribution >= 0.6 is 11.3 Å². The van der Waals surface area contributed by atoms with Crippen molar-refractivity contribution in [3.8, 4) is 0 Å². The predicted octanol–water partition coefficient (Wildman–Crippen LogP) is 0.351. The van der Waals surface area contributed by atoms with Crippen LogP contribution in [-0.2, 0) is 4.79 Å². The molecule has 1 amide bonds. The van der Waals surface area contributed by atoms with Gasteiger partial charge in [0, 0.05) is 30.7 Å². The monoisotopic (exact) mass is 281 g/mol. The molecule has 2 N–H and O–H groups in total. The summed E-state index contributed by atoms with van der Waals surface area (Å²) >= 11 is 1.30.